The predicted molar refractivity (Wildman–Crippen MR) is 120 cm³/mol. The number of thioether (sulfide) groups is 1. The third kappa shape index (κ3) is 5.06. The van der Waals surface area contributed by atoms with Crippen LogP contribution in [-0.2, 0) is 9.53 Å². The maximum absolute atomic E-state index is 12.3. The smallest absolute Gasteiger partial charge is 0.338 e. The topological polar surface area (TPSA) is 91.7 Å². The van der Waals surface area contributed by atoms with E-state index in [1.165, 1.54) is 23.1 Å². The molecule has 31 heavy (non-hydrogen) atoms. The number of aromatic nitrogens is 2. The van der Waals surface area contributed by atoms with E-state index in [2.05, 4.69) is 10.4 Å². The number of hydrogen-bond acceptors (Lipinski definition) is 9. The van der Waals surface area contributed by atoms with Gasteiger partial charge in [0.05, 0.1) is 11.3 Å². The van der Waals surface area contributed by atoms with Crippen LogP contribution in [0, 0.1) is 3.95 Å². The lowest BCUT2D eigenvalue weighted by atomic mass is 10.2. The van der Waals surface area contributed by atoms with Crippen LogP contribution in [-0.4, -0.2) is 47.7 Å². The molecule has 1 N–H and O–H groups in total. The van der Waals surface area contributed by atoms with Crippen LogP contribution in [0.25, 0.3) is 5.69 Å². The molecule has 4 rings (SSSR count). The molecule has 0 radical (unpaired) electrons. The molecule has 3 aromatic rings. The summed E-state index contributed by atoms with van der Waals surface area (Å²) in [6, 6.07) is 11.7. The van der Waals surface area contributed by atoms with Crippen molar-refractivity contribution in [2.45, 2.75) is 4.34 Å². The average molecular weight is 476 g/mol. The van der Waals surface area contributed by atoms with Crippen LogP contribution >= 0.6 is 35.3 Å². The van der Waals surface area contributed by atoms with Crippen molar-refractivity contribution in [2.75, 3.05) is 31.4 Å². The van der Waals surface area contributed by atoms with Crippen molar-refractivity contribution in [1.29, 1.82) is 0 Å². The number of carbonyl (C=O) groups is 2. The van der Waals surface area contributed by atoms with Gasteiger partial charge in [0.15, 0.2) is 26.4 Å². The van der Waals surface area contributed by atoms with Gasteiger partial charge in [0.1, 0.15) is 13.2 Å². The maximum Gasteiger partial charge on any atom is 0.338 e. The number of ether oxygens (including phenoxy) is 3. The molecule has 11 heteroatoms. The fraction of sp³-hybridized carbons (Fsp3) is 0.200. The first-order valence-electron chi connectivity index (χ1n) is 9.15. The SMILES string of the molecule is CSc1nn(-c2ccc(C(=O)OCC(=O)Nc3ccc4c(c3)OCCO4)cc2)c(=S)s1. The largest absolute Gasteiger partial charge is 0.486 e. The van der Waals surface area contributed by atoms with Gasteiger partial charge in [0.25, 0.3) is 5.91 Å². The second-order valence-electron chi connectivity index (χ2n) is 6.28. The number of benzene rings is 2. The van der Waals surface area contributed by atoms with Crippen LogP contribution in [0.15, 0.2) is 46.8 Å². The highest BCUT2D eigenvalue weighted by atomic mass is 32.2. The van der Waals surface area contributed by atoms with Crippen LogP contribution in [0.2, 0.25) is 0 Å². The van der Waals surface area contributed by atoms with Gasteiger partial charge in [-0.05, 0) is 54.9 Å². The van der Waals surface area contributed by atoms with Gasteiger partial charge in [-0.3, -0.25) is 4.79 Å². The molecule has 0 saturated carbocycles. The molecule has 0 aliphatic carbocycles. The van der Waals surface area contributed by atoms with Gasteiger partial charge in [-0.2, -0.15) is 0 Å². The van der Waals surface area contributed by atoms with Crippen molar-refractivity contribution < 1.29 is 23.8 Å². The van der Waals surface area contributed by atoms with Crippen molar-refractivity contribution >= 4 is 52.9 Å². The number of carbonyl (C=O) groups excluding carboxylic acids is 2. The molecule has 8 nitrogen and oxygen atoms in total. The summed E-state index contributed by atoms with van der Waals surface area (Å²) in [5.74, 6) is 0.129. The molecular formula is C20H17N3O5S3. The number of nitrogens with zero attached hydrogens (tertiary/aromatic N) is 2. The molecule has 0 spiro atoms. The minimum Gasteiger partial charge on any atom is -0.486 e. The first-order chi connectivity index (χ1) is 15.0. The van der Waals surface area contributed by atoms with Gasteiger partial charge in [0, 0.05) is 11.8 Å². The number of nitrogens with one attached hydrogen (secondary N) is 1. The molecule has 0 saturated heterocycles. The normalized spacial score (nSPS) is 12.3. The van der Waals surface area contributed by atoms with Gasteiger partial charge in [-0.25, -0.2) is 9.48 Å². The summed E-state index contributed by atoms with van der Waals surface area (Å²) in [6.45, 7) is 0.531. The van der Waals surface area contributed by atoms with Crippen molar-refractivity contribution in [2.24, 2.45) is 0 Å². The Bertz CT molecular complexity index is 1170. The van der Waals surface area contributed by atoms with E-state index in [-0.39, 0.29) is 0 Å². The average Bonchev–Trinajstić information content (AvgIpc) is 3.18. The summed E-state index contributed by atoms with van der Waals surface area (Å²) < 4.78 is 19.2. The van der Waals surface area contributed by atoms with Gasteiger partial charge in [0.2, 0.25) is 0 Å². The van der Waals surface area contributed by atoms with Gasteiger partial charge < -0.3 is 19.5 Å². The molecule has 0 unspecified atom stereocenters. The number of amides is 1. The number of anilines is 1. The summed E-state index contributed by atoms with van der Waals surface area (Å²) in [7, 11) is 0. The van der Waals surface area contributed by atoms with Crippen LogP contribution in [0.1, 0.15) is 10.4 Å². The summed E-state index contributed by atoms with van der Waals surface area (Å²) in [4.78, 5) is 24.4. The summed E-state index contributed by atoms with van der Waals surface area (Å²) >= 11 is 8.25. The lowest BCUT2D eigenvalue weighted by molar-refractivity contribution is -0.119. The van der Waals surface area contributed by atoms with Crippen molar-refractivity contribution in [3.63, 3.8) is 0 Å². The lowest BCUT2D eigenvalue weighted by Gasteiger charge is -2.19. The highest BCUT2D eigenvalue weighted by Gasteiger charge is 2.15. The zero-order valence-corrected chi connectivity index (χ0v) is 18.8. The van der Waals surface area contributed by atoms with E-state index in [9.17, 15) is 9.59 Å². The Labute approximate surface area is 191 Å². The zero-order chi connectivity index (χ0) is 21.8. The summed E-state index contributed by atoms with van der Waals surface area (Å²) in [5, 5.41) is 7.08. The first kappa shape index (κ1) is 21.3. The van der Waals surface area contributed by atoms with Crippen LogP contribution in [0.3, 0.4) is 0 Å². The van der Waals surface area contributed by atoms with Crippen molar-refractivity contribution in [3.8, 4) is 17.2 Å². The fourth-order valence-electron chi connectivity index (χ4n) is 2.78. The van der Waals surface area contributed by atoms with E-state index in [1.807, 2.05) is 6.26 Å². The lowest BCUT2D eigenvalue weighted by Crippen LogP contribution is -2.21. The van der Waals surface area contributed by atoms with Crippen LogP contribution < -0.4 is 14.8 Å². The molecule has 2 heterocycles. The first-order valence-corrected chi connectivity index (χ1v) is 11.6. The second-order valence-corrected chi connectivity index (χ2v) is 8.96. The standard InChI is InChI=1S/C20H17N3O5S3/c1-30-19-22-23(20(29)31-19)14-5-2-12(3-6-14)18(25)28-11-17(24)21-13-4-7-15-16(10-13)27-9-8-26-15/h2-7,10H,8-9,11H2,1H3,(H,21,24). The Morgan fingerprint density at radius 2 is 1.94 bits per heavy atom. The van der Waals surface area contributed by atoms with E-state index in [1.54, 1.807) is 47.1 Å². The van der Waals surface area contributed by atoms with Gasteiger partial charge in [-0.15, -0.1) is 5.10 Å². The van der Waals surface area contributed by atoms with Crippen molar-refractivity contribution in [1.82, 2.24) is 9.78 Å². The minimum atomic E-state index is -0.601. The Morgan fingerprint density at radius 3 is 2.65 bits per heavy atom. The highest BCUT2D eigenvalue weighted by Crippen LogP contribution is 2.32. The molecule has 160 valence electrons. The quantitative estimate of drug-likeness (QED) is 0.326. The number of esters is 1. The minimum absolute atomic E-state index is 0.322. The molecular weight excluding hydrogens is 458 g/mol. The van der Waals surface area contributed by atoms with Gasteiger partial charge in [-0.1, -0.05) is 23.1 Å². The number of hydrogen-bond donors (Lipinski definition) is 1. The number of fused-ring (bicyclic) bond motifs is 1. The summed E-state index contributed by atoms with van der Waals surface area (Å²) in [5.41, 5.74) is 1.59. The van der Waals surface area contributed by atoms with E-state index < -0.39 is 18.5 Å². The van der Waals surface area contributed by atoms with Crippen LogP contribution in [0.5, 0.6) is 11.5 Å². The fourth-order valence-corrected chi connectivity index (χ4v) is 4.56. The molecule has 1 aliphatic heterocycles. The van der Waals surface area contributed by atoms with Crippen molar-refractivity contribution in [3.05, 3.63) is 52.0 Å². The molecule has 0 fully saturated rings. The molecule has 2 aromatic carbocycles. The molecule has 1 amide bonds. The second kappa shape index (κ2) is 9.50. The molecule has 0 atom stereocenters. The third-order valence-corrected chi connectivity index (χ3v) is 6.42. The summed E-state index contributed by atoms with van der Waals surface area (Å²) in [6.07, 6.45) is 1.93. The number of rotatable bonds is 6. The highest BCUT2D eigenvalue weighted by molar-refractivity contribution is 8.00. The Hall–Kier alpha value is -2.89. The Morgan fingerprint density at radius 1 is 1.19 bits per heavy atom. The van der Waals surface area contributed by atoms with Gasteiger partial charge >= 0.3 is 5.97 Å². The van der Waals surface area contributed by atoms with E-state index in [0.717, 1.165) is 10.0 Å². The molecule has 1 aromatic heterocycles. The zero-order valence-electron chi connectivity index (χ0n) is 16.3. The van der Waals surface area contributed by atoms with E-state index >= 15 is 0 Å². The van der Waals surface area contributed by atoms with Crippen LogP contribution in [0.4, 0.5) is 5.69 Å². The Balaban J connectivity index is 1.33. The predicted octanol–water partition coefficient (Wildman–Crippen LogP) is 3.95. The maximum atomic E-state index is 12.3. The monoisotopic (exact) mass is 475 g/mol. The molecule has 1 aliphatic rings. The van der Waals surface area contributed by atoms with E-state index in [4.69, 9.17) is 26.4 Å². The van der Waals surface area contributed by atoms with E-state index in [0.29, 0.717) is 39.9 Å². The molecule has 0 bridgehead atoms. The Kier molecular flexibility index (Phi) is 6.54. The third-order valence-electron chi connectivity index (χ3n) is 4.21.